The van der Waals surface area contributed by atoms with Crippen LogP contribution in [0.5, 0.6) is 0 Å². The molecule has 1 saturated heterocycles. The molecule has 1 aliphatic heterocycles. The number of fused-ring (bicyclic) bond motifs is 6. The fourth-order valence-corrected chi connectivity index (χ4v) is 16.2. The number of hydrogen-bond donors (Lipinski definition) is 10. The highest BCUT2D eigenvalue weighted by molar-refractivity contribution is 8.76. The standard InChI is InChI=1S/C72H77N9O22S2/c1-36-47(100-67(96)55(86)53(39-16-10-7-11-17-39)79-62(89)40-18-12-8-13-19-40)31-72(97)59(102-66(95)42-20-14-9-15-21-42)57-70(6,58(87)56(99-37(2)82)52(36)69(72,4)5)48(30-49-71(57,35-98-49)103-38(3)83)101-51(85)28-29-104-105-34-46(65(93)94)77-50(84)27-26-45(64(91)92)78-61(88)41-22-24-43(25-23-41)74-32-44-33-75-60-54(76-44)63(90)81-68(73)80-60/h7-25,33,45-49,53,55-57,59,74,86,97H,26-32,34-35H2,1-6H3,(H,77,84)(H,78,88)(H,79,89)(H,91,92)(H,93,94)(H3,73,75,80,81,90)/t45?,46?,47-,48-,49+,53-,55+,56+,57?,59-,70+,71-,72+/m0/s1. The van der Waals surface area contributed by atoms with Crippen molar-refractivity contribution in [3.63, 3.8) is 0 Å². The summed E-state index contributed by atoms with van der Waals surface area (Å²) in [6, 6.07) is 24.9. The first-order valence-electron chi connectivity index (χ1n) is 33.2. The van der Waals surface area contributed by atoms with Crippen molar-refractivity contribution in [3.8, 4) is 0 Å². The zero-order chi connectivity index (χ0) is 75.9. The van der Waals surface area contributed by atoms with Gasteiger partial charge in [0, 0.05) is 66.8 Å². The second-order valence-corrected chi connectivity index (χ2v) is 29.1. The predicted molar refractivity (Wildman–Crippen MR) is 375 cm³/mol. The van der Waals surface area contributed by atoms with Crippen molar-refractivity contribution in [1.29, 1.82) is 0 Å². The van der Waals surface area contributed by atoms with Crippen molar-refractivity contribution in [2.75, 3.05) is 29.2 Å². The maximum atomic E-state index is 16.5. The molecule has 3 aliphatic carbocycles. The van der Waals surface area contributed by atoms with Crippen LogP contribution in [0, 0.1) is 16.7 Å². The number of nitrogens with one attached hydrogen (secondary N) is 5. The zero-order valence-electron chi connectivity index (χ0n) is 57.6. The molecular formula is C72H77N9O22S2. The number of hydrogen-bond acceptors (Lipinski definition) is 27. The molecule has 4 aromatic carbocycles. The molecular weight excluding hydrogens is 1410 g/mol. The number of carbonyl (C=O) groups is 11. The number of amides is 3. The lowest BCUT2D eigenvalue weighted by Gasteiger charge is -2.67. The average Bonchev–Trinajstić information content (AvgIpc) is 0.667. The molecule has 3 fully saturated rings. The number of anilines is 2. The topological polar surface area (TPSA) is 470 Å². The Morgan fingerprint density at radius 3 is 1.99 bits per heavy atom. The van der Waals surface area contributed by atoms with Crippen molar-refractivity contribution >= 4 is 110 Å². The summed E-state index contributed by atoms with van der Waals surface area (Å²) in [5.74, 6) is -13.7. The number of aliphatic hydroxyl groups is 2. The summed E-state index contributed by atoms with van der Waals surface area (Å²) in [4.78, 5) is 179. The van der Waals surface area contributed by atoms with E-state index < -0.39 is 186 Å². The van der Waals surface area contributed by atoms with E-state index in [0.717, 1.165) is 35.4 Å². The minimum atomic E-state index is -2.60. The Balaban J connectivity index is 0.839. The number of carboxylic acid groups (broad SMARTS) is 2. The maximum absolute atomic E-state index is 16.5. The minimum absolute atomic E-state index is 0.0186. The highest BCUT2D eigenvalue weighted by Crippen LogP contribution is 2.65. The maximum Gasteiger partial charge on any atom is 0.338 e. The number of rotatable bonds is 28. The van der Waals surface area contributed by atoms with Crippen LogP contribution in [-0.4, -0.2) is 184 Å². The van der Waals surface area contributed by atoms with Gasteiger partial charge in [-0.2, -0.15) is 4.98 Å². The molecule has 0 radical (unpaired) electrons. The molecule has 33 heteroatoms. The Kier molecular flexibility index (Phi) is 23.6. The van der Waals surface area contributed by atoms with Crippen LogP contribution < -0.4 is 32.6 Å². The van der Waals surface area contributed by atoms with Gasteiger partial charge in [-0.1, -0.05) is 102 Å². The largest absolute Gasteiger partial charge is 0.480 e. The quantitative estimate of drug-likeness (QED) is 0.0106. The number of carboxylic acids is 2. The Morgan fingerprint density at radius 1 is 0.743 bits per heavy atom. The van der Waals surface area contributed by atoms with Crippen LogP contribution in [-0.2, 0) is 73.3 Å². The summed E-state index contributed by atoms with van der Waals surface area (Å²) < 4.78 is 37.5. The molecule has 3 amide bonds. The van der Waals surface area contributed by atoms with E-state index in [1.165, 1.54) is 82.4 Å². The van der Waals surface area contributed by atoms with Gasteiger partial charge in [0.1, 0.15) is 42.1 Å². The number of aromatic amines is 1. The summed E-state index contributed by atoms with van der Waals surface area (Å²) in [5.41, 5.74) is -2.35. The number of H-pyrrole nitrogens is 1. The normalized spacial score (nSPS) is 23.9. The van der Waals surface area contributed by atoms with E-state index in [0.29, 0.717) is 16.9 Å². The molecule has 6 aromatic rings. The van der Waals surface area contributed by atoms with Crippen molar-refractivity contribution < 1.29 is 102 Å². The average molecular weight is 1480 g/mol. The number of ether oxygens (including phenoxy) is 6. The van der Waals surface area contributed by atoms with Gasteiger partial charge in [-0.15, -0.1) is 0 Å². The van der Waals surface area contributed by atoms with Crippen molar-refractivity contribution in [1.82, 2.24) is 35.9 Å². The third kappa shape index (κ3) is 16.5. The lowest BCUT2D eigenvalue weighted by atomic mass is 9.44. The van der Waals surface area contributed by atoms with Crippen LogP contribution in [0.4, 0.5) is 11.6 Å². The number of Topliss-reactive ketones (excluding diaryl/α,β-unsaturated/α-hetero) is 1. The van der Waals surface area contributed by atoms with E-state index in [1.807, 2.05) is 0 Å². The highest BCUT2D eigenvalue weighted by atomic mass is 33.1. The molecule has 2 aromatic heterocycles. The summed E-state index contributed by atoms with van der Waals surface area (Å²) in [5, 5.41) is 56.9. The third-order valence-corrected chi connectivity index (χ3v) is 21.8. The first kappa shape index (κ1) is 77.0. The molecule has 3 heterocycles. The van der Waals surface area contributed by atoms with E-state index in [9.17, 15) is 73.2 Å². The van der Waals surface area contributed by atoms with Crippen molar-refractivity contribution in [3.05, 3.63) is 171 Å². The number of aromatic nitrogens is 4. The van der Waals surface area contributed by atoms with E-state index >= 15 is 4.79 Å². The number of aliphatic carboxylic acids is 2. The number of nitrogens with zero attached hydrogens (tertiary/aromatic N) is 3. The van der Waals surface area contributed by atoms with E-state index in [4.69, 9.17) is 34.2 Å². The number of aliphatic hydroxyl groups excluding tert-OH is 1. The lowest BCUT2D eigenvalue weighted by molar-refractivity contribution is -0.346. The number of nitrogen functional groups attached to an aromatic ring is 1. The van der Waals surface area contributed by atoms with Crippen LogP contribution in [0.1, 0.15) is 122 Å². The number of carbonyl (C=O) groups excluding carboxylic acids is 9. The molecule has 3 unspecified atom stereocenters. The molecule has 13 atom stereocenters. The summed E-state index contributed by atoms with van der Waals surface area (Å²) in [6.07, 6.45) is -11.8. The fraction of sp³-hybridized carbons (Fsp3) is 0.403. The first-order chi connectivity index (χ1) is 49.9. The van der Waals surface area contributed by atoms with E-state index in [1.54, 1.807) is 66.7 Å². The van der Waals surface area contributed by atoms with Gasteiger partial charge in [0.2, 0.25) is 11.9 Å². The first-order valence-corrected chi connectivity index (χ1v) is 35.7. The number of esters is 5. The second-order valence-electron chi connectivity index (χ2n) is 26.5. The SMILES string of the molecule is CC(=O)O[C@H]1C(=O)[C@@]2(C)C([C@H](OC(=O)c3ccccc3)[C@]3(O)C[C@H](OC(=O)[C@H](O)[C@@H](NC(=O)c4ccccc4)c4ccccc4)C(C)=C1C3(C)C)[C@]1(OC(C)=O)CO[C@@H]1C[C@@H]2OC(=O)CCSSCC(NC(=O)CCC(NC(=O)c1ccc(NCc2cnc3nc(N)[nH]c(=O)c3n2)cc1)C(=O)O)C(=O)O. The van der Waals surface area contributed by atoms with Crippen LogP contribution in [0.3, 0.4) is 0 Å². The van der Waals surface area contributed by atoms with E-state index in [2.05, 4.69) is 41.2 Å². The molecule has 2 saturated carbocycles. The molecule has 10 rings (SSSR count). The number of ketones is 1. The smallest absolute Gasteiger partial charge is 0.338 e. The Labute approximate surface area is 607 Å². The van der Waals surface area contributed by atoms with Gasteiger partial charge < -0.3 is 75.8 Å². The van der Waals surface area contributed by atoms with Gasteiger partial charge in [0.05, 0.1) is 54.4 Å². The molecule has 11 N–H and O–H groups in total. The van der Waals surface area contributed by atoms with Gasteiger partial charge in [-0.05, 0) is 85.5 Å². The zero-order valence-corrected chi connectivity index (χ0v) is 59.2. The predicted octanol–water partition coefficient (Wildman–Crippen LogP) is 4.51. The van der Waals surface area contributed by atoms with Crippen LogP contribution in [0.15, 0.2) is 137 Å². The van der Waals surface area contributed by atoms with Crippen molar-refractivity contribution in [2.45, 2.75) is 146 Å². The van der Waals surface area contributed by atoms with Crippen LogP contribution in [0.2, 0.25) is 0 Å². The Morgan fingerprint density at radius 2 is 1.37 bits per heavy atom. The highest BCUT2D eigenvalue weighted by Gasteiger charge is 2.79. The molecule has 4 aliphatic rings. The van der Waals surface area contributed by atoms with Crippen LogP contribution in [0.25, 0.3) is 11.2 Å². The summed E-state index contributed by atoms with van der Waals surface area (Å²) in [7, 11) is 1.94. The van der Waals surface area contributed by atoms with Gasteiger partial charge in [0.15, 0.2) is 34.8 Å². The monoisotopic (exact) mass is 1480 g/mol. The molecule has 105 heavy (non-hydrogen) atoms. The molecule has 2 bridgehead atoms. The van der Waals surface area contributed by atoms with Gasteiger partial charge >= 0.3 is 41.8 Å². The fourth-order valence-electron chi connectivity index (χ4n) is 14.1. The summed E-state index contributed by atoms with van der Waals surface area (Å²) >= 11 is 0. The lowest BCUT2D eigenvalue weighted by Crippen LogP contribution is -2.82. The molecule has 31 nitrogen and oxygen atoms in total. The second kappa shape index (κ2) is 32.2. The number of nitrogens with two attached hydrogens (primary N) is 1. The Hall–Kier alpha value is -10.6. The third-order valence-electron chi connectivity index (χ3n) is 19.4. The van der Waals surface area contributed by atoms with Crippen molar-refractivity contribution in [2.24, 2.45) is 16.7 Å². The Bertz CT molecular complexity index is 4440. The minimum Gasteiger partial charge on any atom is -0.480 e. The van der Waals surface area contributed by atoms with Gasteiger partial charge in [-0.25, -0.2) is 29.1 Å². The molecule has 0 spiro atoms. The van der Waals surface area contributed by atoms with Gasteiger partial charge in [0.25, 0.3) is 17.4 Å². The van der Waals surface area contributed by atoms with Gasteiger partial charge in [-0.3, -0.25) is 43.3 Å². The van der Waals surface area contributed by atoms with E-state index in [-0.39, 0.29) is 69.4 Å². The number of benzene rings is 4. The summed E-state index contributed by atoms with van der Waals surface area (Å²) in [6.45, 7) is 7.55. The molecule has 554 valence electrons. The van der Waals surface area contributed by atoms with Crippen LogP contribution >= 0.6 is 21.6 Å².